The molecule has 1 saturated heterocycles. The number of piperidine rings is 1. The van der Waals surface area contributed by atoms with Crippen LogP contribution in [-0.4, -0.2) is 25.7 Å². The van der Waals surface area contributed by atoms with Gasteiger partial charge in [-0.15, -0.1) is 0 Å². The van der Waals surface area contributed by atoms with Gasteiger partial charge in [-0.05, 0) is 51.6 Å². The molecule has 0 aromatic heterocycles. The minimum absolute atomic E-state index is 0.0819. The highest BCUT2D eigenvalue weighted by atomic mass is 16.5. The summed E-state index contributed by atoms with van der Waals surface area (Å²) >= 11 is 0. The Hall–Kier alpha value is -0.570. The minimum atomic E-state index is -0.175. The molecule has 0 spiro atoms. The van der Waals surface area contributed by atoms with Gasteiger partial charge in [-0.25, -0.2) is 0 Å². The molecule has 18 heavy (non-hydrogen) atoms. The molecule has 0 unspecified atom stereocenters. The summed E-state index contributed by atoms with van der Waals surface area (Å²) in [6.07, 6.45) is 9.64. The van der Waals surface area contributed by atoms with Crippen molar-refractivity contribution in [2.75, 3.05) is 19.7 Å². The number of nitrogens with one attached hydrogen (secondary N) is 1. The normalized spacial score (nSPS) is 25.4. The molecule has 3 nitrogen and oxygen atoms in total. The molecule has 1 aliphatic carbocycles. The van der Waals surface area contributed by atoms with Gasteiger partial charge >= 0.3 is 5.97 Å². The molecule has 104 valence electrons. The molecule has 0 bridgehead atoms. The van der Waals surface area contributed by atoms with E-state index >= 15 is 0 Å². The van der Waals surface area contributed by atoms with Crippen LogP contribution in [0.2, 0.25) is 0 Å². The van der Waals surface area contributed by atoms with Gasteiger partial charge in [-0.1, -0.05) is 25.7 Å². The van der Waals surface area contributed by atoms with Crippen LogP contribution in [0.5, 0.6) is 0 Å². The summed E-state index contributed by atoms with van der Waals surface area (Å²) in [5, 5.41) is 3.38. The van der Waals surface area contributed by atoms with E-state index in [0.29, 0.717) is 12.5 Å². The number of carbonyl (C=O) groups is 1. The lowest BCUT2D eigenvalue weighted by atomic mass is 9.66. The molecule has 1 N–H and O–H groups in total. The van der Waals surface area contributed by atoms with E-state index in [9.17, 15) is 4.79 Å². The van der Waals surface area contributed by atoms with Gasteiger partial charge in [0, 0.05) is 0 Å². The second-order valence-electron chi connectivity index (χ2n) is 5.82. The highest BCUT2D eigenvalue weighted by molar-refractivity contribution is 5.77. The molecule has 2 fully saturated rings. The Morgan fingerprint density at radius 1 is 1.17 bits per heavy atom. The van der Waals surface area contributed by atoms with Gasteiger partial charge in [0.1, 0.15) is 0 Å². The summed E-state index contributed by atoms with van der Waals surface area (Å²) < 4.78 is 5.41. The molecular formula is C15H27NO2. The first-order chi connectivity index (χ1) is 8.79. The van der Waals surface area contributed by atoms with Crippen molar-refractivity contribution in [1.82, 2.24) is 5.32 Å². The molecule has 0 radical (unpaired) electrons. The summed E-state index contributed by atoms with van der Waals surface area (Å²) in [7, 11) is 0. The molecule has 2 aliphatic rings. The molecule has 0 atom stereocenters. The maximum Gasteiger partial charge on any atom is 0.312 e. The second-order valence-corrected chi connectivity index (χ2v) is 5.82. The Balaban J connectivity index is 2.13. The Labute approximate surface area is 111 Å². The van der Waals surface area contributed by atoms with Crippen LogP contribution in [0.4, 0.5) is 0 Å². The van der Waals surface area contributed by atoms with Gasteiger partial charge in [-0.3, -0.25) is 4.79 Å². The first-order valence-corrected chi connectivity index (χ1v) is 7.67. The molecule has 0 amide bonds. The summed E-state index contributed by atoms with van der Waals surface area (Å²) in [6, 6.07) is 0. The quantitative estimate of drug-likeness (QED) is 0.621. The Bertz CT molecular complexity index is 264. The van der Waals surface area contributed by atoms with E-state index in [1.807, 2.05) is 6.92 Å². The molecule has 1 aliphatic heterocycles. The Kier molecular flexibility index (Phi) is 5.04. The summed E-state index contributed by atoms with van der Waals surface area (Å²) in [6.45, 7) is 4.37. The topological polar surface area (TPSA) is 38.3 Å². The number of esters is 1. The molecular weight excluding hydrogens is 226 g/mol. The highest BCUT2D eigenvalue weighted by Crippen LogP contribution is 2.44. The van der Waals surface area contributed by atoms with Gasteiger partial charge in [0.2, 0.25) is 0 Å². The van der Waals surface area contributed by atoms with Gasteiger partial charge in [0.15, 0.2) is 0 Å². The third kappa shape index (κ3) is 2.87. The van der Waals surface area contributed by atoms with Crippen LogP contribution in [0, 0.1) is 11.3 Å². The van der Waals surface area contributed by atoms with Crippen molar-refractivity contribution in [2.45, 2.75) is 58.3 Å². The number of carbonyl (C=O) groups excluding carboxylic acids is 1. The minimum Gasteiger partial charge on any atom is -0.466 e. The maximum atomic E-state index is 12.5. The fourth-order valence-corrected chi connectivity index (χ4v) is 3.76. The fraction of sp³-hybridized carbons (Fsp3) is 0.933. The van der Waals surface area contributed by atoms with Gasteiger partial charge in [0.25, 0.3) is 0 Å². The predicted molar refractivity (Wildman–Crippen MR) is 72.4 cm³/mol. The van der Waals surface area contributed by atoms with Crippen LogP contribution in [-0.2, 0) is 9.53 Å². The summed E-state index contributed by atoms with van der Waals surface area (Å²) in [4.78, 5) is 12.5. The SMILES string of the molecule is CCOC(=O)C1(C2CCCCCC2)CCNCC1. The van der Waals surface area contributed by atoms with Crippen LogP contribution in [0.1, 0.15) is 58.3 Å². The van der Waals surface area contributed by atoms with Gasteiger partial charge < -0.3 is 10.1 Å². The maximum absolute atomic E-state index is 12.5. The lowest BCUT2D eigenvalue weighted by Crippen LogP contribution is -2.47. The van der Waals surface area contributed by atoms with Crippen molar-refractivity contribution in [3.05, 3.63) is 0 Å². The van der Waals surface area contributed by atoms with Crippen LogP contribution >= 0.6 is 0 Å². The molecule has 0 aromatic rings. The standard InChI is InChI=1S/C15H27NO2/c1-2-18-14(17)15(9-11-16-12-10-15)13-7-5-3-4-6-8-13/h13,16H,2-12H2,1H3. The second kappa shape index (κ2) is 6.55. The van der Waals surface area contributed by atoms with E-state index < -0.39 is 0 Å². The van der Waals surface area contributed by atoms with Crippen molar-refractivity contribution in [3.8, 4) is 0 Å². The summed E-state index contributed by atoms with van der Waals surface area (Å²) in [5.41, 5.74) is -0.175. The first kappa shape index (κ1) is 13.9. The van der Waals surface area contributed by atoms with E-state index in [1.54, 1.807) is 0 Å². The molecule has 3 heteroatoms. The molecule has 1 saturated carbocycles. The smallest absolute Gasteiger partial charge is 0.312 e. The van der Waals surface area contributed by atoms with Crippen molar-refractivity contribution in [3.63, 3.8) is 0 Å². The van der Waals surface area contributed by atoms with Crippen LogP contribution in [0.3, 0.4) is 0 Å². The van der Waals surface area contributed by atoms with E-state index in [2.05, 4.69) is 5.32 Å². The lowest BCUT2D eigenvalue weighted by molar-refractivity contribution is -0.162. The van der Waals surface area contributed by atoms with Crippen molar-refractivity contribution < 1.29 is 9.53 Å². The molecule has 0 aromatic carbocycles. The zero-order chi connectivity index (χ0) is 12.8. The van der Waals surface area contributed by atoms with Crippen molar-refractivity contribution in [2.24, 2.45) is 11.3 Å². The van der Waals surface area contributed by atoms with Crippen molar-refractivity contribution in [1.29, 1.82) is 0 Å². The third-order valence-electron chi connectivity index (χ3n) is 4.81. The fourth-order valence-electron chi connectivity index (χ4n) is 3.76. The monoisotopic (exact) mass is 253 g/mol. The summed E-state index contributed by atoms with van der Waals surface area (Å²) in [5.74, 6) is 0.638. The zero-order valence-corrected chi connectivity index (χ0v) is 11.7. The van der Waals surface area contributed by atoms with Crippen molar-refractivity contribution >= 4 is 5.97 Å². The predicted octanol–water partition coefficient (Wildman–Crippen LogP) is 2.89. The molecule has 2 rings (SSSR count). The average molecular weight is 253 g/mol. The first-order valence-electron chi connectivity index (χ1n) is 7.67. The third-order valence-corrected chi connectivity index (χ3v) is 4.81. The highest BCUT2D eigenvalue weighted by Gasteiger charge is 2.46. The number of hydrogen-bond donors (Lipinski definition) is 1. The van der Waals surface area contributed by atoms with E-state index in [4.69, 9.17) is 4.74 Å². The Morgan fingerprint density at radius 3 is 2.33 bits per heavy atom. The van der Waals surface area contributed by atoms with Crippen LogP contribution in [0.25, 0.3) is 0 Å². The average Bonchev–Trinajstić information content (AvgIpc) is 2.69. The van der Waals surface area contributed by atoms with Gasteiger partial charge in [0.05, 0.1) is 12.0 Å². The lowest BCUT2D eigenvalue weighted by Gasteiger charge is -2.41. The molecule has 1 heterocycles. The van der Waals surface area contributed by atoms with E-state index in [0.717, 1.165) is 25.9 Å². The number of ether oxygens (including phenoxy) is 1. The van der Waals surface area contributed by atoms with Crippen LogP contribution in [0.15, 0.2) is 0 Å². The Morgan fingerprint density at radius 2 is 1.78 bits per heavy atom. The van der Waals surface area contributed by atoms with Gasteiger partial charge in [-0.2, -0.15) is 0 Å². The largest absolute Gasteiger partial charge is 0.466 e. The van der Waals surface area contributed by atoms with E-state index in [1.165, 1.54) is 38.5 Å². The number of rotatable bonds is 3. The van der Waals surface area contributed by atoms with Crippen LogP contribution < -0.4 is 5.32 Å². The zero-order valence-electron chi connectivity index (χ0n) is 11.7. The number of hydrogen-bond acceptors (Lipinski definition) is 3. The van der Waals surface area contributed by atoms with E-state index in [-0.39, 0.29) is 11.4 Å².